The van der Waals surface area contributed by atoms with Gasteiger partial charge in [-0.2, -0.15) is 0 Å². The molecule has 9 nitrogen and oxygen atoms in total. The van der Waals surface area contributed by atoms with Gasteiger partial charge >= 0.3 is 0 Å². The number of pyridine rings is 1. The molecule has 2 aromatic heterocycles. The third-order valence-corrected chi connectivity index (χ3v) is 7.18. The molecule has 2 atom stereocenters. The molecule has 1 fully saturated rings. The number of aromatic nitrogens is 5. The number of nitrogens with one attached hydrogen (secondary N) is 1. The molecule has 2 aromatic carbocycles. The van der Waals surface area contributed by atoms with Crippen LogP contribution in [-0.2, 0) is 24.2 Å². The molecule has 4 aromatic rings. The van der Waals surface area contributed by atoms with E-state index >= 15 is 0 Å². The Morgan fingerprint density at radius 1 is 1.18 bits per heavy atom. The highest BCUT2D eigenvalue weighted by molar-refractivity contribution is 5.80. The Balaban J connectivity index is 1.43. The second kappa shape index (κ2) is 12.3. The Bertz CT molecular complexity index is 1380. The van der Waals surface area contributed by atoms with Gasteiger partial charge in [-0.25, -0.2) is 4.68 Å². The van der Waals surface area contributed by atoms with Crippen LogP contribution in [0.5, 0.6) is 5.75 Å². The predicted molar refractivity (Wildman–Crippen MR) is 146 cm³/mol. The van der Waals surface area contributed by atoms with Crippen molar-refractivity contribution >= 4 is 10.9 Å². The lowest BCUT2D eigenvalue weighted by Crippen LogP contribution is -2.37. The number of H-pyrrole nitrogens is 1. The van der Waals surface area contributed by atoms with Crippen LogP contribution >= 0.6 is 0 Å². The van der Waals surface area contributed by atoms with Gasteiger partial charge in [0.2, 0.25) is 0 Å². The molecule has 0 amide bonds. The highest BCUT2D eigenvalue weighted by Crippen LogP contribution is 2.27. The zero-order valence-corrected chi connectivity index (χ0v) is 22.2. The van der Waals surface area contributed by atoms with Gasteiger partial charge in [0.25, 0.3) is 5.56 Å². The molecule has 0 saturated carbocycles. The van der Waals surface area contributed by atoms with E-state index in [1.165, 1.54) is 5.56 Å². The first-order valence-electron chi connectivity index (χ1n) is 13.6. The average molecular weight is 517 g/mol. The van der Waals surface area contributed by atoms with Gasteiger partial charge in [0.05, 0.1) is 18.8 Å². The first-order chi connectivity index (χ1) is 18.6. The van der Waals surface area contributed by atoms with Gasteiger partial charge in [-0.05, 0) is 72.9 Å². The van der Waals surface area contributed by atoms with Crippen LogP contribution in [0.2, 0.25) is 0 Å². The van der Waals surface area contributed by atoms with E-state index < -0.39 is 0 Å². The number of hydrogen-bond acceptors (Lipinski definition) is 7. The fraction of sp³-hybridized carbons (Fsp3) is 0.448. The monoisotopic (exact) mass is 516 g/mol. The molecular formula is C29H36N6O3. The Morgan fingerprint density at radius 2 is 2.05 bits per heavy atom. The van der Waals surface area contributed by atoms with Crippen LogP contribution in [0.3, 0.4) is 0 Å². The summed E-state index contributed by atoms with van der Waals surface area (Å²) >= 11 is 0. The first kappa shape index (κ1) is 26.1. The fourth-order valence-corrected chi connectivity index (χ4v) is 5.27. The van der Waals surface area contributed by atoms with Crippen molar-refractivity contribution < 1.29 is 9.47 Å². The van der Waals surface area contributed by atoms with E-state index in [1.807, 2.05) is 54.1 Å². The molecule has 1 aliphatic heterocycles. The van der Waals surface area contributed by atoms with Crippen molar-refractivity contribution in [1.29, 1.82) is 0 Å². The third-order valence-electron chi connectivity index (χ3n) is 7.18. The summed E-state index contributed by atoms with van der Waals surface area (Å²) < 4.78 is 13.6. The lowest BCUT2D eigenvalue weighted by Gasteiger charge is -2.32. The van der Waals surface area contributed by atoms with Crippen LogP contribution in [0.1, 0.15) is 56.1 Å². The van der Waals surface area contributed by atoms with Crippen LogP contribution in [0, 0.1) is 0 Å². The SMILES string of the molecule is CCOc1ccc2[nH]c(=O)c(CN(C[C@@H]3CCCO3)[C@@H](CC)c3nnnn3CCc3ccccc3)cc2c1. The van der Waals surface area contributed by atoms with Gasteiger partial charge in [0.1, 0.15) is 5.75 Å². The molecule has 38 heavy (non-hydrogen) atoms. The maximum Gasteiger partial charge on any atom is 0.252 e. The summed E-state index contributed by atoms with van der Waals surface area (Å²) in [7, 11) is 0. The second-order valence-electron chi connectivity index (χ2n) is 9.79. The zero-order chi connectivity index (χ0) is 26.3. The van der Waals surface area contributed by atoms with Crippen molar-refractivity contribution in [2.45, 2.75) is 64.8 Å². The van der Waals surface area contributed by atoms with Crippen molar-refractivity contribution in [3.05, 3.63) is 81.9 Å². The number of fused-ring (bicyclic) bond motifs is 1. The van der Waals surface area contributed by atoms with Crippen LogP contribution in [0.15, 0.2) is 59.4 Å². The highest BCUT2D eigenvalue weighted by Gasteiger charge is 2.29. The Morgan fingerprint density at radius 3 is 2.82 bits per heavy atom. The minimum atomic E-state index is -0.0856. The molecule has 0 radical (unpaired) electrons. The summed E-state index contributed by atoms with van der Waals surface area (Å²) in [6.07, 6.45) is 3.84. The maximum absolute atomic E-state index is 13.2. The molecular weight excluding hydrogens is 480 g/mol. The average Bonchev–Trinajstić information content (AvgIpc) is 3.62. The van der Waals surface area contributed by atoms with E-state index in [9.17, 15) is 4.79 Å². The van der Waals surface area contributed by atoms with Crippen LogP contribution in [0.25, 0.3) is 10.9 Å². The molecule has 0 bridgehead atoms. The number of hydrogen-bond donors (Lipinski definition) is 1. The molecule has 0 unspecified atom stereocenters. The molecule has 3 heterocycles. The molecule has 1 N–H and O–H groups in total. The van der Waals surface area contributed by atoms with Crippen molar-refractivity contribution in [1.82, 2.24) is 30.1 Å². The van der Waals surface area contributed by atoms with Crippen LogP contribution in [0.4, 0.5) is 0 Å². The summed E-state index contributed by atoms with van der Waals surface area (Å²) in [6.45, 7) is 7.34. The second-order valence-corrected chi connectivity index (χ2v) is 9.79. The lowest BCUT2D eigenvalue weighted by molar-refractivity contribution is 0.0488. The number of rotatable bonds is 12. The van der Waals surface area contributed by atoms with E-state index in [4.69, 9.17) is 9.47 Å². The van der Waals surface area contributed by atoms with Gasteiger partial charge in [0, 0.05) is 42.7 Å². The van der Waals surface area contributed by atoms with E-state index in [0.717, 1.165) is 54.8 Å². The van der Waals surface area contributed by atoms with Gasteiger partial charge in [-0.3, -0.25) is 9.69 Å². The molecule has 9 heteroatoms. The Hall–Kier alpha value is -3.56. The molecule has 0 aliphatic carbocycles. The van der Waals surface area contributed by atoms with Gasteiger partial charge in [-0.1, -0.05) is 37.3 Å². The Kier molecular flexibility index (Phi) is 8.45. The quantitative estimate of drug-likeness (QED) is 0.300. The van der Waals surface area contributed by atoms with Crippen molar-refractivity contribution in [2.24, 2.45) is 0 Å². The van der Waals surface area contributed by atoms with E-state index in [2.05, 4.69) is 44.5 Å². The van der Waals surface area contributed by atoms with Crippen molar-refractivity contribution in [3.63, 3.8) is 0 Å². The predicted octanol–water partition coefficient (Wildman–Crippen LogP) is 4.29. The van der Waals surface area contributed by atoms with Gasteiger partial charge in [-0.15, -0.1) is 5.10 Å². The standard InChI is InChI=1S/C29H36N6O3/c1-3-27(28-31-32-33-35(28)15-14-21-9-6-5-7-10-21)34(20-25-11-8-16-38-25)19-23-17-22-18-24(37-4-2)12-13-26(22)30-29(23)36/h5-7,9-10,12-13,17-18,25,27H,3-4,8,11,14-16,19-20H2,1-2H3,(H,30,36)/t25-,27-/m0/s1. The van der Waals surface area contributed by atoms with Gasteiger partial charge < -0.3 is 14.5 Å². The topological polar surface area (TPSA) is 98.2 Å². The Labute approximate surface area is 222 Å². The van der Waals surface area contributed by atoms with Crippen molar-refractivity contribution in [3.8, 4) is 5.75 Å². The molecule has 1 saturated heterocycles. The first-order valence-corrected chi connectivity index (χ1v) is 13.6. The number of nitrogens with zero attached hydrogens (tertiary/aromatic N) is 5. The highest BCUT2D eigenvalue weighted by atomic mass is 16.5. The van der Waals surface area contributed by atoms with Gasteiger partial charge in [0.15, 0.2) is 5.82 Å². The zero-order valence-electron chi connectivity index (χ0n) is 22.2. The summed E-state index contributed by atoms with van der Waals surface area (Å²) in [5, 5.41) is 13.8. The molecule has 5 rings (SSSR count). The van der Waals surface area contributed by atoms with Crippen molar-refractivity contribution in [2.75, 3.05) is 19.8 Å². The molecule has 1 aliphatic rings. The fourth-order valence-electron chi connectivity index (χ4n) is 5.27. The summed E-state index contributed by atoms with van der Waals surface area (Å²) in [5.74, 6) is 1.61. The van der Waals surface area contributed by atoms with E-state index in [-0.39, 0.29) is 17.7 Å². The summed E-state index contributed by atoms with van der Waals surface area (Å²) in [5.41, 5.74) is 2.65. The third kappa shape index (κ3) is 6.11. The van der Waals surface area contributed by atoms with Crippen LogP contribution in [-0.4, -0.2) is 56.0 Å². The molecule has 200 valence electrons. The lowest BCUT2D eigenvalue weighted by atomic mass is 10.1. The number of tetrazole rings is 1. The van der Waals surface area contributed by atoms with E-state index in [1.54, 1.807) is 0 Å². The smallest absolute Gasteiger partial charge is 0.252 e. The van der Waals surface area contributed by atoms with E-state index in [0.29, 0.717) is 31.8 Å². The summed E-state index contributed by atoms with van der Waals surface area (Å²) in [4.78, 5) is 18.5. The van der Waals surface area contributed by atoms with Crippen LogP contribution < -0.4 is 10.3 Å². The number of ether oxygens (including phenoxy) is 2. The maximum atomic E-state index is 13.2. The molecule has 0 spiro atoms. The number of aromatic amines is 1. The number of aryl methyl sites for hydroxylation is 2. The minimum Gasteiger partial charge on any atom is -0.494 e. The number of benzene rings is 2. The minimum absolute atomic E-state index is 0.0603. The normalized spacial score (nSPS) is 16.3. The summed E-state index contributed by atoms with van der Waals surface area (Å²) in [6, 6.07) is 18.0. The largest absolute Gasteiger partial charge is 0.494 e.